The van der Waals surface area contributed by atoms with Gasteiger partial charge in [-0.1, -0.05) is 48.5 Å². The van der Waals surface area contributed by atoms with Gasteiger partial charge in [-0.25, -0.2) is 4.79 Å². The number of rotatable bonds is 9. The van der Waals surface area contributed by atoms with Gasteiger partial charge in [-0.15, -0.1) is 0 Å². The molecule has 1 aliphatic rings. The van der Waals surface area contributed by atoms with Gasteiger partial charge in [0.2, 0.25) is 5.91 Å². The van der Waals surface area contributed by atoms with Gasteiger partial charge < -0.3 is 20.5 Å². The molecule has 188 valence electrons. The predicted molar refractivity (Wildman–Crippen MR) is 135 cm³/mol. The van der Waals surface area contributed by atoms with E-state index in [1.807, 2.05) is 24.3 Å². The third kappa shape index (κ3) is 5.34. The molecule has 0 spiro atoms. The van der Waals surface area contributed by atoms with E-state index >= 15 is 0 Å². The van der Waals surface area contributed by atoms with E-state index in [1.54, 1.807) is 41.5 Å². The summed E-state index contributed by atoms with van der Waals surface area (Å²) in [6, 6.07) is 16.3. The van der Waals surface area contributed by atoms with E-state index in [1.165, 1.54) is 0 Å². The number of benzene rings is 2. The molecule has 0 aliphatic heterocycles. The topological polar surface area (TPSA) is 105 Å². The van der Waals surface area contributed by atoms with Gasteiger partial charge in [0, 0.05) is 12.5 Å². The average molecular weight is 481 g/mol. The van der Waals surface area contributed by atoms with Crippen molar-refractivity contribution in [2.75, 3.05) is 13.2 Å². The van der Waals surface area contributed by atoms with Crippen molar-refractivity contribution in [3.8, 4) is 11.1 Å². The molecule has 2 aromatic rings. The Bertz CT molecular complexity index is 1070. The second kappa shape index (κ2) is 9.72. The molecular formula is C28H36N2O5. The first-order valence-electron chi connectivity index (χ1n) is 11.9. The summed E-state index contributed by atoms with van der Waals surface area (Å²) in [6.07, 6.45) is -0.297. The van der Waals surface area contributed by atoms with Crippen LogP contribution in [0.1, 0.15) is 65.0 Å². The summed E-state index contributed by atoms with van der Waals surface area (Å²) in [7, 11) is 0. The van der Waals surface area contributed by atoms with Crippen molar-refractivity contribution < 1.29 is 24.2 Å². The van der Waals surface area contributed by atoms with E-state index in [2.05, 4.69) is 34.9 Å². The van der Waals surface area contributed by atoms with Gasteiger partial charge in [0.05, 0.1) is 16.4 Å². The van der Waals surface area contributed by atoms with Gasteiger partial charge >= 0.3 is 12.1 Å². The molecule has 3 rings (SSSR count). The van der Waals surface area contributed by atoms with Crippen molar-refractivity contribution in [1.29, 1.82) is 0 Å². The molecule has 35 heavy (non-hydrogen) atoms. The van der Waals surface area contributed by atoms with E-state index < -0.39 is 28.4 Å². The zero-order valence-electron chi connectivity index (χ0n) is 21.4. The molecule has 0 fully saturated rings. The first-order chi connectivity index (χ1) is 16.3. The van der Waals surface area contributed by atoms with E-state index in [0.29, 0.717) is 6.42 Å². The first-order valence-corrected chi connectivity index (χ1v) is 11.9. The highest BCUT2D eigenvalue weighted by atomic mass is 16.5. The minimum Gasteiger partial charge on any atom is -0.481 e. The fraction of sp³-hybridized carbons (Fsp3) is 0.464. The van der Waals surface area contributed by atoms with Gasteiger partial charge in [0.25, 0.3) is 0 Å². The van der Waals surface area contributed by atoms with Crippen molar-refractivity contribution in [3.05, 3.63) is 59.7 Å². The smallest absolute Gasteiger partial charge is 0.407 e. The molecule has 0 aromatic heterocycles. The normalized spacial score (nSPS) is 13.5. The number of aliphatic carboxylic acids is 1. The molecule has 2 aromatic carbocycles. The van der Waals surface area contributed by atoms with Crippen LogP contribution in [-0.4, -0.2) is 41.8 Å². The molecule has 0 heterocycles. The number of ether oxygens (including phenoxy) is 1. The lowest BCUT2D eigenvalue weighted by molar-refractivity contribution is -0.147. The van der Waals surface area contributed by atoms with Gasteiger partial charge in [-0.3, -0.25) is 9.59 Å². The van der Waals surface area contributed by atoms with Gasteiger partial charge in [0.15, 0.2) is 0 Å². The van der Waals surface area contributed by atoms with Crippen LogP contribution in [-0.2, 0) is 14.3 Å². The number of nitrogens with one attached hydrogen (secondary N) is 2. The molecule has 1 aliphatic carbocycles. The molecule has 0 bridgehead atoms. The van der Waals surface area contributed by atoms with Crippen molar-refractivity contribution in [2.24, 2.45) is 10.8 Å². The number of hydrogen-bond acceptors (Lipinski definition) is 4. The zero-order chi connectivity index (χ0) is 26.0. The number of carbonyl (C=O) groups is 3. The second-order valence-corrected chi connectivity index (χ2v) is 10.9. The van der Waals surface area contributed by atoms with Gasteiger partial charge in [0.1, 0.15) is 6.61 Å². The van der Waals surface area contributed by atoms with Crippen molar-refractivity contribution in [2.45, 2.75) is 59.4 Å². The molecular weight excluding hydrogens is 444 g/mol. The Morgan fingerprint density at radius 1 is 0.886 bits per heavy atom. The lowest BCUT2D eigenvalue weighted by Gasteiger charge is -2.40. The number of carboxylic acids is 1. The van der Waals surface area contributed by atoms with Crippen LogP contribution < -0.4 is 10.6 Å². The van der Waals surface area contributed by atoms with Crippen molar-refractivity contribution in [1.82, 2.24) is 10.6 Å². The summed E-state index contributed by atoms with van der Waals surface area (Å²) in [6.45, 7) is 10.7. The summed E-state index contributed by atoms with van der Waals surface area (Å²) < 4.78 is 5.66. The highest BCUT2D eigenvalue weighted by molar-refractivity contribution is 5.84. The summed E-state index contributed by atoms with van der Waals surface area (Å²) >= 11 is 0. The molecule has 0 saturated carbocycles. The number of hydrogen-bond donors (Lipinski definition) is 3. The van der Waals surface area contributed by atoms with E-state index in [0.717, 1.165) is 22.3 Å². The highest BCUT2D eigenvalue weighted by Gasteiger charge is 2.45. The third-order valence-corrected chi connectivity index (χ3v) is 7.50. The van der Waals surface area contributed by atoms with E-state index in [4.69, 9.17) is 4.74 Å². The number of carboxylic acid groups (broad SMARTS) is 1. The number of alkyl carbamates (subject to hydrolysis) is 1. The maximum absolute atomic E-state index is 12.9. The fourth-order valence-electron chi connectivity index (χ4n) is 4.15. The van der Waals surface area contributed by atoms with Gasteiger partial charge in [-0.05, 0) is 70.2 Å². The van der Waals surface area contributed by atoms with Crippen LogP contribution in [0.4, 0.5) is 4.79 Å². The summed E-state index contributed by atoms with van der Waals surface area (Å²) in [5, 5.41) is 14.9. The average Bonchev–Trinajstić information content (AvgIpc) is 3.10. The molecule has 0 atom stereocenters. The summed E-state index contributed by atoms with van der Waals surface area (Å²) in [4.78, 5) is 37.0. The van der Waals surface area contributed by atoms with Crippen LogP contribution >= 0.6 is 0 Å². The van der Waals surface area contributed by atoms with Gasteiger partial charge in [-0.2, -0.15) is 0 Å². The molecule has 2 amide bonds. The van der Waals surface area contributed by atoms with Crippen LogP contribution in [0.15, 0.2) is 48.5 Å². The van der Waals surface area contributed by atoms with E-state index in [9.17, 15) is 19.5 Å². The molecule has 7 nitrogen and oxygen atoms in total. The summed E-state index contributed by atoms with van der Waals surface area (Å²) in [5.74, 6) is -1.24. The van der Waals surface area contributed by atoms with Crippen LogP contribution in [0, 0.1) is 10.8 Å². The largest absolute Gasteiger partial charge is 0.481 e. The number of carbonyl (C=O) groups excluding carboxylic acids is 2. The van der Waals surface area contributed by atoms with Crippen LogP contribution in [0.25, 0.3) is 11.1 Å². The molecule has 0 radical (unpaired) electrons. The third-order valence-electron chi connectivity index (χ3n) is 7.50. The Kier molecular flexibility index (Phi) is 7.29. The molecule has 0 saturated heterocycles. The Hall–Kier alpha value is -3.35. The Balaban J connectivity index is 1.61. The minimum absolute atomic E-state index is 0.0508. The monoisotopic (exact) mass is 480 g/mol. The lowest BCUT2D eigenvalue weighted by Crippen LogP contribution is -2.59. The van der Waals surface area contributed by atoms with Crippen molar-refractivity contribution >= 4 is 18.0 Å². The number of fused-ring (bicyclic) bond motifs is 3. The van der Waals surface area contributed by atoms with Crippen LogP contribution in [0.5, 0.6) is 0 Å². The predicted octanol–water partition coefficient (Wildman–Crippen LogP) is 4.95. The molecule has 0 unspecified atom stereocenters. The first kappa shape index (κ1) is 26.3. The summed E-state index contributed by atoms with van der Waals surface area (Å²) in [5.41, 5.74) is 1.72. The maximum atomic E-state index is 12.9. The quantitative estimate of drug-likeness (QED) is 0.471. The zero-order valence-corrected chi connectivity index (χ0v) is 21.4. The van der Waals surface area contributed by atoms with Crippen molar-refractivity contribution in [3.63, 3.8) is 0 Å². The second-order valence-electron chi connectivity index (χ2n) is 10.9. The fourth-order valence-corrected chi connectivity index (χ4v) is 4.15. The minimum atomic E-state index is -0.980. The standard InChI is InChI=1S/C28H36N2O5/c1-26(2,24(32)33)15-16-29-23(31)27(3,4)28(5,6)30-25(34)35-17-22-20-13-9-7-11-18(20)19-12-8-10-14-21(19)22/h7-14,22H,15-17H2,1-6H3,(H,29,31)(H,30,34)(H,32,33). The Labute approximate surface area is 207 Å². The number of amides is 2. The van der Waals surface area contributed by atoms with Crippen LogP contribution in [0.3, 0.4) is 0 Å². The Morgan fingerprint density at radius 3 is 1.91 bits per heavy atom. The SMILES string of the molecule is CC(C)(CCNC(=O)C(C)(C)C(C)(C)NC(=O)OCC1c2ccccc2-c2ccccc21)C(=O)O. The molecule has 7 heteroatoms. The molecule has 3 N–H and O–H groups in total. The van der Waals surface area contributed by atoms with Crippen LogP contribution in [0.2, 0.25) is 0 Å². The highest BCUT2D eigenvalue weighted by Crippen LogP contribution is 2.44. The van der Waals surface area contributed by atoms with E-state index in [-0.39, 0.29) is 25.0 Å². The Morgan fingerprint density at radius 2 is 1.40 bits per heavy atom. The maximum Gasteiger partial charge on any atom is 0.407 e. The lowest BCUT2D eigenvalue weighted by atomic mass is 9.73.